The van der Waals surface area contributed by atoms with E-state index in [4.69, 9.17) is 10.5 Å². The quantitative estimate of drug-likeness (QED) is 0.658. The zero-order valence-corrected chi connectivity index (χ0v) is 10.2. The van der Waals surface area contributed by atoms with Crippen LogP contribution in [0.1, 0.15) is 11.1 Å². The van der Waals surface area contributed by atoms with Gasteiger partial charge in [-0.15, -0.1) is 0 Å². The van der Waals surface area contributed by atoms with Crippen LogP contribution < -0.4 is 10.5 Å². The topological polar surface area (TPSA) is 60.5 Å². The molecule has 0 radical (unpaired) electrons. The molecule has 0 amide bonds. The minimum atomic E-state index is 0.512. The highest BCUT2D eigenvalue weighted by Gasteiger charge is 1.98. The molecule has 1 aromatic heterocycles. The highest BCUT2D eigenvalue weighted by molar-refractivity contribution is 5.97. The first-order chi connectivity index (χ1) is 8.79. The fourth-order valence-electron chi connectivity index (χ4n) is 1.50. The molecule has 0 bridgehead atoms. The van der Waals surface area contributed by atoms with E-state index in [1.54, 1.807) is 13.3 Å². The maximum Gasteiger partial charge on any atom is 0.212 e. The van der Waals surface area contributed by atoms with Crippen molar-refractivity contribution in [1.82, 2.24) is 4.98 Å². The Labute approximate surface area is 106 Å². The summed E-state index contributed by atoms with van der Waals surface area (Å²) < 4.78 is 4.99. The summed E-state index contributed by atoms with van der Waals surface area (Å²) in [5.41, 5.74) is 7.83. The number of nitrogens with two attached hydrogens (primary N) is 1. The highest BCUT2D eigenvalue weighted by Crippen LogP contribution is 2.08. The van der Waals surface area contributed by atoms with Crippen LogP contribution in [-0.4, -0.2) is 17.9 Å². The van der Waals surface area contributed by atoms with E-state index in [0.29, 0.717) is 18.3 Å². The van der Waals surface area contributed by atoms with E-state index in [2.05, 4.69) is 9.98 Å². The van der Waals surface area contributed by atoms with Gasteiger partial charge in [0.2, 0.25) is 5.88 Å². The van der Waals surface area contributed by atoms with Crippen molar-refractivity contribution < 1.29 is 4.74 Å². The van der Waals surface area contributed by atoms with Crippen LogP contribution in [-0.2, 0) is 6.54 Å². The summed E-state index contributed by atoms with van der Waals surface area (Å²) in [6.45, 7) is 0.512. The van der Waals surface area contributed by atoms with Gasteiger partial charge in [0.25, 0.3) is 0 Å². The Morgan fingerprint density at radius 2 is 2.00 bits per heavy atom. The van der Waals surface area contributed by atoms with Crippen molar-refractivity contribution >= 4 is 5.84 Å². The first-order valence-electron chi connectivity index (χ1n) is 5.64. The number of ether oxygens (including phenoxy) is 1. The van der Waals surface area contributed by atoms with Crippen LogP contribution in [0.3, 0.4) is 0 Å². The molecule has 0 aliphatic carbocycles. The van der Waals surface area contributed by atoms with Crippen LogP contribution in [0.2, 0.25) is 0 Å². The lowest BCUT2D eigenvalue weighted by atomic mass is 10.2. The van der Waals surface area contributed by atoms with E-state index in [1.165, 1.54) is 0 Å². The molecular formula is C14H15N3O. The number of rotatable bonds is 4. The molecule has 2 rings (SSSR count). The minimum Gasteiger partial charge on any atom is -0.481 e. The van der Waals surface area contributed by atoms with Crippen molar-refractivity contribution in [3.05, 3.63) is 59.8 Å². The van der Waals surface area contributed by atoms with Crippen LogP contribution >= 0.6 is 0 Å². The van der Waals surface area contributed by atoms with Crippen LogP contribution in [0.5, 0.6) is 5.88 Å². The van der Waals surface area contributed by atoms with Gasteiger partial charge >= 0.3 is 0 Å². The summed E-state index contributed by atoms with van der Waals surface area (Å²) in [6, 6.07) is 13.4. The average molecular weight is 241 g/mol. The van der Waals surface area contributed by atoms with Gasteiger partial charge in [0.05, 0.1) is 13.7 Å². The van der Waals surface area contributed by atoms with E-state index in [9.17, 15) is 0 Å². The second-order valence-corrected chi connectivity index (χ2v) is 3.78. The number of aliphatic imine (C=N–C) groups is 1. The normalized spacial score (nSPS) is 11.3. The number of amidine groups is 1. The van der Waals surface area contributed by atoms with Gasteiger partial charge in [-0.05, 0) is 5.56 Å². The molecule has 92 valence electrons. The predicted molar refractivity (Wildman–Crippen MR) is 71.7 cm³/mol. The highest BCUT2D eigenvalue weighted by atomic mass is 16.5. The maximum atomic E-state index is 5.90. The number of hydrogen-bond acceptors (Lipinski definition) is 3. The third-order valence-electron chi connectivity index (χ3n) is 2.51. The van der Waals surface area contributed by atoms with Gasteiger partial charge in [-0.25, -0.2) is 4.98 Å². The maximum absolute atomic E-state index is 5.90. The molecule has 0 atom stereocenters. The zero-order valence-electron chi connectivity index (χ0n) is 10.2. The molecule has 4 heteroatoms. The van der Waals surface area contributed by atoms with Crippen molar-refractivity contribution in [1.29, 1.82) is 0 Å². The second-order valence-electron chi connectivity index (χ2n) is 3.78. The molecule has 0 saturated heterocycles. The van der Waals surface area contributed by atoms with Gasteiger partial charge in [-0.2, -0.15) is 0 Å². The monoisotopic (exact) mass is 241 g/mol. The van der Waals surface area contributed by atoms with Gasteiger partial charge in [0, 0.05) is 17.8 Å². The van der Waals surface area contributed by atoms with Crippen molar-refractivity contribution in [2.24, 2.45) is 10.7 Å². The summed E-state index contributed by atoms with van der Waals surface area (Å²) in [5.74, 6) is 1.13. The van der Waals surface area contributed by atoms with Gasteiger partial charge in [0.1, 0.15) is 5.84 Å². The molecule has 0 unspecified atom stereocenters. The standard InChI is InChI=1S/C14H15N3O/c1-18-13-8-7-11(9-16-13)10-17-14(15)12-5-3-2-4-6-12/h2-9H,10H2,1H3,(H2,15,17). The fraction of sp³-hybridized carbons (Fsp3) is 0.143. The van der Waals surface area contributed by atoms with E-state index in [0.717, 1.165) is 11.1 Å². The molecule has 18 heavy (non-hydrogen) atoms. The molecule has 0 aliphatic rings. The first kappa shape index (κ1) is 12.1. The SMILES string of the molecule is COc1ccc(CN=C(N)c2ccccc2)cn1. The van der Waals surface area contributed by atoms with E-state index in [-0.39, 0.29) is 0 Å². The van der Waals surface area contributed by atoms with Crippen molar-refractivity contribution in [3.8, 4) is 5.88 Å². The van der Waals surface area contributed by atoms with Crippen LogP contribution in [0, 0.1) is 0 Å². The molecule has 1 aromatic carbocycles. The minimum absolute atomic E-state index is 0.512. The third kappa shape index (κ3) is 3.07. The van der Waals surface area contributed by atoms with Crippen molar-refractivity contribution in [2.75, 3.05) is 7.11 Å². The molecule has 2 aromatic rings. The summed E-state index contributed by atoms with van der Waals surface area (Å²) >= 11 is 0. The van der Waals surface area contributed by atoms with E-state index >= 15 is 0 Å². The van der Waals surface area contributed by atoms with Gasteiger partial charge in [0.15, 0.2) is 0 Å². The fourth-order valence-corrected chi connectivity index (χ4v) is 1.50. The molecule has 0 aliphatic heterocycles. The predicted octanol–water partition coefficient (Wildman–Crippen LogP) is 2.00. The van der Waals surface area contributed by atoms with Crippen LogP contribution in [0.15, 0.2) is 53.7 Å². The number of aromatic nitrogens is 1. The van der Waals surface area contributed by atoms with Crippen LogP contribution in [0.4, 0.5) is 0 Å². The molecular weight excluding hydrogens is 226 g/mol. The van der Waals surface area contributed by atoms with Crippen molar-refractivity contribution in [2.45, 2.75) is 6.54 Å². The third-order valence-corrected chi connectivity index (χ3v) is 2.51. The largest absolute Gasteiger partial charge is 0.481 e. The molecule has 0 spiro atoms. The van der Waals surface area contributed by atoms with E-state index < -0.39 is 0 Å². The lowest BCUT2D eigenvalue weighted by Gasteiger charge is -2.02. The Bertz CT molecular complexity index is 520. The number of nitrogens with zero attached hydrogens (tertiary/aromatic N) is 2. The van der Waals surface area contributed by atoms with Crippen molar-refractivity contribution in [3.63, 3.8) is 0 Å². The summed E-state index contributed by atoms with van der Waals surface area (Å²) in [4.78, 5) is 8.45. The van der Waals surface area contributed by atoms with Gasteiger partial charge in [-0.3, -0.25) is 4.99 Å². The Hall–Kier alpha value is -2.36. The number of benzene rings is 1. The molecule has 4 nitrogen and oxygen atoms in total. The first-order valence-corrected chi connectivity index (χ1v) is 5.64. The van der Waals surface area contributed by atoms with E-state index in [1.807, 2.05) is 42.5 Å². The Balaban J connectivity index is 2.05. The number of pyridine rings is 1. The smallest absolute Gasteiger partial charge is 0.212 e. The summed E-state index contributed by atoms with van der Waals surface area (Å²) in [7, 11) is 1.59. The van der Waals surface area contributed by atoms with Gasteiger partial charge in [-0.1, -0.05) is 36.4 Å². The Morgan fingerprint density at radius 3 is 2.61 bits per heavy atom. The molecule has 2 N–H and O–H groups in total. The lowest BCUT2D eigenvalue weighted by molar-refractivity contribution is 0.397. The zero-order chi connectivity index (χ0) is 12.8. The van der Waals surface area contributed by atoms with Gasteiger partial charge < -0.3 is 10.5 Å². The summed E-state index contributed by atoms with van der Waals surface area (Å²) in [6.07, 6.45) is 1.74. The van der Waals surface area contributed by atoms with Crippen LogP contribution in [0.25, 0.3) is 0 Å². The number of methoxy groups -OCH3 is 1. The molecule has 1 heterocycles. The summed E-state index contributed by atoms with van der Waals surface area (Å²) in [5, 5.41) is 0. The molecule has 0 saturated carbocycles. The number of hydrogen-bond donors (Lipinski definition) is 1. The average Bonchev–Trinajstić information content (AvgIpc) is 2.46. The second kappa shape index (κ2) is 5.82. The Kier molecular flexibility index (Phi) is 3.91. The lowest BCUT2D eigenvalue weighted by Crippen LogP contribution is -2.13. The molecule has 0 fully saturated rings. The Morgan fingerprint density at radius 1 is 1.22 bits per heavy atom.